The number of nitrogens with zero attached hydrogens (tertiary/aromatic N) is 2. The summed E-state index contributed by atoms with van der Waals surface area (Å²) in [7, 11) is 3.44. The molecule has 6 aromatic rings. The molecule has 0 radical (unpaired) electrons. The fraction of sp³-hybridized carbons (Fsp3) is 0.125. The third-order valence-electron chi connectivity index (χ3n) is 6.03. The highest BCUT2D eigenvalue weighted by molar-refractivity contribution is 6.15. The number of fused-ring (bicyclic) bond motifs is 5. The summed E-state index contributed by atoms with van der Waals surface area (Å²) >= 11 is 0. The number of furan rings is 1. The molecular formula is C24H18N4O4. The topological polar surface area (TPSA) is 106 Å². The number of nitrogens with one attached hydrogen (secondary N) is 2. The Morgan fingerprint density at radius 2 is 1.91 bits per heavy atom. The molecular weight excluding hydrogens is 408 g/mol. The predicted octanol–water partition coefficient (Wildman–Crippen LogP) is 3.99. The van der Waals surface area contributed by atoms with Gasteiger partial charge in [-0.25, -0.2) is 4.98 Å². The fourth-order valence-electron chi connectivity index (χ4n) is 4.32. The molecule has 0 fully saturated rings. The Balaban J connectivity index is 1.80. The molecule has 8 heteroatoms. The number of benzene rings is 2. The van der Waals surface area contributed by atoms with Crippen molar-refractivity contribution in [3.63, 3.8) is 0 Å². The largest absolute Gasteiger partial charge is 0.497 e. The van der Waals surface area contributed by atoms with E-state index in [4.69, 9.17) is 14.1 Å². The van der Waals surface area contributed by atoms with E-state index in [1.54, 1.807) is 37.0 Å². The summed E-state index contributed by atoms with van der Waals surface area (Å²) in [5.41, 5.74) is 4.16. The van der Waals surface area contributed by atoms with Crippen LogP contribution in [0.1, 0.15) is 5.56 Å². The van der Waals surface area contributed by atoms with Gasteiger partial charge >= 0.3 is 0 Å². The summed E-state index contributed by atoms with van der Waals surface area (Å²) in [5.74, 6) is 0.661. The predicted molar refractivity (Wildman–Crippen MR) is 123 cm³/mol. The van der Waals surface area contributed by atoms with Crippen LogP contribution in [0.15, 0.2) is 56.6 Å². The monoisotopic (exact) mass is 426 g/mol. The molecule has 0 atom stereocenters. The van der Waals surface area contributed by atoms with Gasteiger partial charge in [0.05, 0.1) is 18.2 Å². The Hall–Kier alpha value is -4.33. The van der Waals surface area contributed by atoms with Gasteiger partial charge in [-0.05, 0) is 42.6 Å². The van der Waals surface area contributed by atoms with Crippen LogP contribution in [0.4, 0.5) is 0 Å². The van der Waals surface area contributed by atoms with Gasteiger partial charge in [0.25, 0.3) is 5.56 Å². The lowest BCUT2D eigenvalue weighted by Gasteiger charge is -2.07. The van der Waals surface area contributed by atoms with E-state index in [9.17, 15) is 9.59 Å². The van der Waals surface area contributed by atoms with Gasteiger partial charge in [0.15, 0.2) is 16.7 Å². The first-order valence-electron chi connectivity index (χ1n) is 10.1. The quantitative estimate of drug-likeness (QED) is 0.436. The van der Waals surface area contributed by atoms with Gasteiger partial charge in [-0.15, -0.1) is 0 Å². The van der Waals surface area contributed by atoms with Crippen molar-refractivity contribution in [2.45, 2.75) is 6.92 Å². The number of aromatic nitrogens is 4. The molecule has 0 aliphatic carbocycles. The Morgan fingerprint density at radius 3 is 2.72 bits per heavy atom. The molecule has 0 saturated carbocycles. The first-order chi connectivity index (χ1) is 15.5. The van der Waals surface area contributed by atoms with Crippen LogP contribution >= 0.6 is 0 Å². The van der Waals surface area contributed by atoms with Gasteiger partial charge in [-0.2, -0.15) is 0 Å². The number of hydrogen-bond donors (Lipinski definition) is 2. The van der Waals surface area contributed by atoms with Crippen molar-refractivity contribution in [1.29, 1.82) is 0 Å². The van der Waals surface area contributed by atoms with Gasteiger partial charge in [0.1, 0.15) is 16.8 Å². The van der Waals surface area contributed by atoms with Crippen LogP contribution in [-0.2, 0) is 7.05 Å². The Morgan fingerprint density at radius 1 is 1.06 bits per heavy atom. The average molecular weight is 426 g/mol. The van der Waals surface area contributed by atoms with E-state index < -0.39 is 0 Å². The summed E-state index contributed by atoms with van der Waals surface area (Å²) in [6.45, 7) is 1.73. The zero-order valence-electron chi connectivity index (χ0n) is 17.6. The molecule has 158 valence electrons. The number of methoxy groups -OCH3 is 1. The number of pyridine rings is 2. The maximum atomic E-state index is 13.2. The molecule has 2 N–H and O–H groups in total. The van der Waals surface area contributed by atoms with Crippen LogP contribution in [0, 0.1) is 6.92 Å². The summed E-state index contributed by atoms with van der Waals surface area (Å²) in [4.78, 5) is 33.2. The molecule has 0 spiro atoms. The van der Waals surface area contributed by atoms with Crippen LogP contribution in [-0.4, -0.2) is 26.9 Å². The third-order valence-corrected chi connectivity index (χ3v) is 6.03. The minimum absolute atomic E-state index is 0.103. The minimum atomic E-state index is -0.259. The van der Waals surface area contributed by atoms with Crippen molar-refractivity contribution in [1.82, 2.24) is 19.7 Å². The molecule has 8 nitrogen and oxygen atoms in total. The third kappa shape index (κ3) is 2.40. The fourth-order valence-corrected chi connectivity index (χ4v) is 4.32. The highest BCUT2D eigenvalue weighted by atomic mass is 16.5. The van der Waals surface area contributed by atoms with Crippen LogP contribution in [0.25, 0.3) is 55.1 Å². The van der Waals surface area contributed by atoms with E-state index in [1.807, 2.05) is 25.2 Å². The van der Waals surface area contributed by atoms with Gasteiger partial charge in [0.2, 0.25) is 0 Å². The Bertz CT molecular complexity index is 1840. The number of hydrogen-bond acceptors (Lipinski definition) is 5. The highest BCUT2D eigenvalue weighted by Crippen LogP contribution is 2.39. The second-order valence-corrected chi connectivity index (χ2v) is 7.87. The van der Waals surface area contributed by atoms with Crippen molar-refractivity contribution in [3.05, 3.63) is 68.7 Å². The molecule has 0 aliphatic heterocycles. The molecule has 6 rings (SSSR count). The van der Waals surface area contributed by atoms with Crippen LogP contribution in [0.3, 0.4) is 0 Å². The van der Waals surface area contributed by atoms with E-state index in [1.165, 1.54) is 6.07 Å². The lowest BCUT2D eigenvalue weighted by molar-refractivity contribution is 0.415. The van der Waals surface area contributed by atoms with Crippen LogP contribution in [0.2, 0.25) is 0 Å². The van der Waals surface area contributed by atoms with Crippen LogP contribution < -0.4 is 15.7 Å². The van der Waals surface area contributed by atoms with E-state index in [2.05, 4.69) is 10.1 Å². The highest BCUT2D eigenvalue weighted by Gasteiger charge is 2.22. The van der Waals surface area contributed by atoms with Gasteiger partial charge in [-0.1, -0.05) is 0 Å². The average Bonchev–Trinajstić information content (AvgIpc) is 3.35. The van der Waals surface area contributed by atoms with Crippen LogP contribution in [0.5, 0.6) is 5.75 Å². The smallest absolute Gasteiger partial charge is 0.256 e. The molecule has 2 aromatic carbocycles. The van der Waals surface area contributed by atoms with Crippen molar-refractivity contribution in [3.8, 4) is 16.9 Å². The summed E-state index contributed by atoms with van der Waals surface area (Å²) in [6.07, 6.45) is 1.80. The zero-order chi connectivity index (χ0) is 22.1. The first-order valence-corrected chi connectivity index (χ1v) is 10.1. The zero-order valence-corrected chi connectivity index (χ0v) is 17.6. The lowest BCUT2D eigenvalue weighted by Crippen LogP contribution is -2.09. The number of H-pyrrole nitrogens is 2. The molecule has 0 unspecified atom stereocenters. The summed E-state index contributed by atoms with van der Waals surface area (Å²) < 4.78 is 13.3. The second-order valence-electron chi connectivity index (χ2n) is 7.87. The van der Waals surface area contributed by atoms with Gasteiger partial charge in [-0.3, -0.25) is 14.3 Å². The van der Waals surface area contributed by atoms with Crippen molar-refractivity contribution in [2.24, 2.45) is 7.05 Å². The second kappa shape index (κ2) is 6.34. The Kier molecular flexibility index (Phi) is 3.65. The SMILES string of the molecule is COc1ccc2cc(-c3c4c[nH]n(C)c4nc4c3oc3c(C)c(=O)ccc34)c(=O)[nH]c2c1. The van der Waals surface area contributed by atoms with E-state index in [0.29, 0.717) is 50.3 Å². The summed E-state index contributed by atoms with van der Waals surface area (Å²) in [5, 5.41) is 5.47. The number of aromatic amines is 2. The molecule has 0 aliphatic rings. The lowest BCUT2D eigenvalue weighted by atomic mass is 10.0. The van der Waals surface area contributed by atoms with E-state index in [0.717, 1.165) is 16.2 Å². The van der Waals surface area contributed by atoms with Gasteiger partial charge < -0.3 is 19.2 Å². The number of ether oxygens (including phenoxy) is 1. The first kappa shape index (κ1) is 18.4. The van der Waals surface area contributed by atoms with Crippen molar-refractivity contribution < 1.29 is 9.15 Å². The molecule has 0 saturated heterocycles. The Labute approximate surface area is 180 Å². The maximum Gasteiger partial charge on any atom is 0.256 e. The van der Waals surface area contributed by atoms with Gasteiger partial charge in [0, 0.05) is 41.2 Å². The molecule has 4 heterocycles. The number of rotatable bonds is 2. The van der Waals surface area contributed by atoms with E-state index in [-0.39, 0.29) is 11.0 Å². The normalized spacial score (nSPS) is 11.8. The molecule has 32 heavy (non-hydrogen) atoms. The molecule has 0 bridgehead atoms. The maximum absolute atomic E-state index is 13.2. The molecule has 4 aromatic heterocycles. The van der Waals surface area contributed by atoms with E-state index >= 15 is 0 Å². The standard InChI is InChI=1S/C24H18N4O4/c1-11-18(29)7-6-14-20-22(32-21(11)14)19(16-10-25-28(2)23(16)27-20)15-8-12-4-5-13(31-3)9-17(12)26-24(15)30/h4-10,25H,1-3H3,(H,26,30). The summed E-state index contributed by atoms with van der Waals surface area (Å²) in [6, 6.07) is 10.6. The van der Waals surface area contributed by atoms with Crippen molar-refractivity contribution in [2.75, 3.05) is 7.11 Å². The minimum Gasteiger partial charge on any atom is -0.497 e. The molecule has 0 amide bonds. The number of aryl methyl sites for hydroxylation is 2. The van der Waals surface area contributed by atoms with Crippen molar-refractivity contribution >= 4 is 44.0 Å².